The minimum Gasteiger partial charge on any atom is -0.497 e. The topological polar surface area (TPSA) is 73.9 Å². The number of halogens is 2. The molecule has 0 saturated heterocycles. The number of nitrogens with one attached hydrogen (secondary N) is 1. The van der Waals surface area contributed by atoms with Gasteiger partial charge in [-0.05, 0) is 37.3 Å². The van der Waals surface area contributed by atoms with Crippen LogP contribution in [0.5, 0.6) is 11.5 Å². The highest BCUT2D eigenvalue weighted by atomic mass is 35.5. The van der Waals surface area contributed by atoms with Crippen molar-refractivity contribution in [3.8, 4) is 11.5 Å². The molecule has 0 saturated carbocycles. The summed E-state index contributed by atoms with van der Waals surface area (Å²) in [5.41, 5.74) is 0.989. The van der Waals surface area contributed by atoms with E-state index < -0.39 is 18.0 Å². The Labute approximate surface area is 173 Å². The number of methoxy groups -OCH3 is 2. The Morgan fingerprint density at radius 2 is 1.86 bits per heavy atom. The highest BCUT2D eigenvalue weighted by Crippen LogP contribution is 2.29. The van der Waals surface area contributed by atoms with Gasteiger partial charge in [-0.2, -0.15) is 0 Å². The van der Waals surface area contributed by atoms with Gasteiger partial charge >= 0.3 is 5.97 Å². The van der Waals surface area contributed by atoms with E-state index in [1.807, 2.05) is 0 Å². The first-order chi connectivity index (χ1) is 13.3. The quantitative estimate of drug-likeness (QED) is 0.520. The highest BCUT2D eigenvalue weighted by Gasteiger charge is 2.18. The molecule has 1 amide bonds. The molecule has 148 valence electrons. The molecule has 2 rings (SSSR count). The Kier molecular flexibility index (Phi) is 7.72. The number of anilines is 1. The van der Waals surface area contributed by atoms with Crippen molar-refractivity contribution in [1.29, 1.82) is 0 Å². The van der Waals surface area contributed by atoms with E-state index in [2.05, 4.69) is 5.32 Å². The summed E-state index contributed by atoms with van der Waals surface area (Å²) in [4.78, 5) is 24.2. The lowest BCUT2D eigenvalue weighted by molar-refractivity contribution is -0.148. The molecular formula is C20H19Cl2NO5. The van der Waals surface area contributed by atoms with Crippen LogP contribution in [0.2, 0.25) is 10.0 Å². The van der Waals surface area contributed by atoms with Crippen LogP contribution in [0.1, 0.15) is 12.5 Å². The van der Waals surface area contributed by atoms with Crippen LogP contribution < -0.4 is 14.8 Å². The molecule has 6 nitrogen and oxygen atoms in total. The third-order valence-corrected chi connectivity index (χ3v) is 4.53. The number of ether oxygens (including phenoxy) is 3. The van der Waals surface area contributed by atoms with Crippen LogP contribution >= 0.6 is 23.2 Å². The molecule has 28 heavy (non-hydrogen) atoms. The van der Waals surface area contributed by atoms with Crippen molar-refractivity contribution in [2.75, 3.05) is 19.5 Å². The average molecular weight is 424 g/mol. The highest BCUT2D eigenvalue weighted by molar-refractivity contribution is 6.44. The predicted molar refractivity (Wildman–Crippen MR) is 109 cm³/mol. The molecule has 0 radical (unpaired) electrons. The van der Waals surface area contributed by atoms with E-state index in [1.165, 1.54) is 26.2 Å². The molecule has 2 aromatic carbocycles. The Morgan fingerprint density at radius 1 is 1.11 bits per heavy atom. The number of hydrogen-bond acceptors (Lipinski definition) is 5. The summed E-state index contributed by atoms with van der Waals surface area (Å²) in [6.45, 7) is 1.45. The fourth-order valence-corrected chi connectivity index (χ4v) is 2.56. The normalized spacial score (nSPS) is 11.8. The van der Waals surface area contributed by atoms with Crippen LogP contribution in [-0.2, 0) is 14.3 Å². The minimum atomic E-state index is -1.04. The minimum absolute atomic E-state index is 0.211. The zero-order chi connectivity index (χ0) is 20.7. The van der Waals surface area contributed by atoms with E-state index in [0.29, 0.717) is 27.8 Å². The summed E-state index contributed by atoms with van der Waals surface area (Å²) < 4.78 is 15.5. The van der Waals surface area contributed by atoms with Gasteiger partial charge in [0.25, 0.3) is 5.91 Å². The Balaban J connectivity index is 1.99. The zero-order valence-electron chi connectivity index (χ0n) is 15.5. The number of carbonyl (C=O) groups excluding carboxylic acids is 2. The first kappa shape index (κ1) is 21.6. The van der Waals surface area contributed by atoms with Crippen molar-refractivity contribution in [3.05, 3.63) is 58.1 Å². The van der Waals surface area contributed by atoms with Gasteiger partial charge in [-0.25, -0.2) is 4.79 Å². The number of rotatable bonds is 7. The predicted octanol–water partition coefficient (Wildman–Crippen LogP) is 4.59. The first-order valence-electron chi connectivity index (χ1n) is 8.21. The van der Waals surface area contributed by atoms with E-state index in [-0.39, 0.29) is 5.02 Å². The Morgan fingerprint density at radius 3 is 2.54 bits per heavy atom. The molecule has 1 unspecified atom stereocenters. The maximum atomic E-state index is 12.2. The summed E-state index contributed by atoms with van der Waals surface area (Å²) in [7, 11) is 3.06. The number of esters is 1. The van der Waals surface area contributed by atoms with Crippen LogP contribution in [0.3, 0.4) is 0 Å². The van der Waals surface area contributed by atoms with Crippen molar-refractivity contribution in [1.82, 2.24) is 0 Å². The molecule has 0 fully saturated rings. The summed E-state index contributed by atoms with van der Waals surface area (Å²) >= 11 is 11.9. The fraction of sp³-hybridized carbons (Fsp3) is 0.200. The van der Waals surface area contributed by atoms with E-state index in [9.17, 15) is 9.59 Å². The monoisotopic (exact) mass is 423 g/mol. The van der Waals surface area contributed by atoms with Gasteiger partial charge in [-0.15, -0.1) is 0 Å². The molecule has 2 aromatic rings. The summed E-state index contributed by atoms with van der Waals surface area (Å²) in [5.74, 6) is -0.0583. The van der Waals surface area contributed by atoms with Gasteiger partial charge < -0.3 is 19.5 Å². The molecule has 0 spiro atoms. The van der Waals surface area contributed by atoms with Gasteiger partial charge in [-0.1, -0.05) is 29.3 Å². The molecule has 0 aromatic heterocycles. The van der Waals surface area contributed by atoms with Crippen molar-refractivity contribution < 1.29 is 23.8 Å². The lowest BCUT2D eigenvalue weighted by Gasteiger charge is -2.13. The maximum absolute atomic E-state index is 12.2. The molecule has 0 aliphatic rings. The van der Waals surface area contributed by atoms with E-state index >= 15 is 0 Å². The molecular weight excluding hydrogens is 405 g/mol. The van der Waals surface area contributed by atoms with Crippen molar-refractivity contribution >= 4 is 46.8 Å². The number of amides is 1. The average Bonchev–Trinajstić information content (AvgIpc) is 2.69. The van der Waals surface area contributed by atoms with E-state index in [0.717, 1.165) is 0 Å². The lowest BCUT2D eigenvalue weighted by Crippen LogP contribution is -2.29. The summed E-state index contributed by atoms with van der Waals surface area (Å²) in [6, 6.07) is 10.00. The SMILES string of the molecule is COc1ccc(/C=C/C(=O)OC(C)C(=O)Nc2cccc(Cl)c2Cl)c(OC)c1. The molecule has 8 heteroatoms. The van der Waals surface area contributed by atoms with E-state index in [1.54, 1.807) is 43.5 Å². The maximum Gasteiger partial charge on any atom is 0.331 e. The molecule has 1 atom stereocenters. The largest absolute Gasteiger partial charge is 0.497 e. The summed E-state index contributed by atoms with van der Waals surface area (Å²) in [5, 5.41) is 3.09. The van der Waals surface area contributed by atoms with Crippen LogP contribution in [0.4, 0.5) is 5.69 Å². The smallest absolute Gasteiger partial charge is 0.331 e. The van der Waals surface area contributed by atoms with Crippen molar-refractivity contribution in [3.63, 3.8) is 0 Å². The standard InChI is InChI=1S/C20H19Cl2NO5/c1-12(20(25)23-16-6-4-5-15(21)19(16)22)28-18(24)10-8-13-7-9-14(26-2)11-17(13)27-3/h4-12H,1-3H3,(H,23,25)/b10-8+. The third-order valence-electron chi connectivity index (χ3n) is 3.71. The van der Waals surface area contributed by atoms with Crippen LogP contribution in [0.15, 0.2) is 42.5 Å². The third kappa shape index (κ3) is 5.65. The Hall–Kier alpha value is -2.70. The summed E-state index contributed by atoms with van der Waals surface area (Å²) in [6.07, 6.45) is 1.70. The second-order valence-electron chi connectivity index (χ2n) is 5.61. The number of hydrogen-bond donors (Lipinski definition) is 1. The van der Waals surface area contributed by atoms with Crippen LogP contribution in [0, 0.1) is 0 Å². The molecule has 0 aliphatic carbocycles. The molecule has 0 bridgehead atoms. The van der Waals surface area contributed by atoms with Gasteiger partial charge in [0.15, 0.2) is 6.10 Å². The van der Waals surface area contributed by atoms with Gasteiger partial charge in [0, 0.05) is 17.7 Å². The second-order valence-corrected chi connectivity index (χ2v) is 6.40. The molecule has 0 aliphatic heterocycles. The number of carbonyl (C=O) groups is 2. The molecule has 0 heterocycles. The van der Waals surface area contributed by atoms with Gasteiger partial charge in [0.1, 0.15) is 11.5 Å². The van der Waals surface area contributed by atoms with Crippen LogP contribution in [0.25, 0.3) is 6.08 Å². The van der Waals surface area contributed by atoms with Gasteiger partial charge in [0.05, 0.1) is 30.0 Å². The van der Waals surface area contributed by atoms with Crippen molar-refractivity contribution in [2.45, 2.75) is 13.0 Å². The van der Waals surface area contributed by atoms with Gasteiger partial charge in [-0.3, -0.25) is 4.79 Å². The lowest BCUT2D eigenvalue weighted by atomic mass is 10.1. The zero-order valence-corrected chi connectivity index (χ0v) is 17.0. The van der Waals surface area contributed by atoms with Gasteiger partial charge in [0.2, 0.25) is 0 Å². The second kappa shape index (κ2) is 10.0. The van der Waals surface area contributed by atoms with Crippen molar-refractivity contribution in [2.24, 2.45) is 0 Å². The van der Waals surface area contributed by atoms with Crippen LogP contribution in [-0.4, -0.2) is 32.2 Å². The van der Waals surface area contributed by atoms with E-state index in [4.69, 9.17) is 37.4 Å². The Bertz CT molecular complexity index is 898. The first-order valence-corrected chi connectivity index (χ1v) is 8.97. The number of benzene rings is 2. The fourth-order valence-electron chi connectivity index (χ4n) is 2.22. The molecule has 1 N–H and O–H groups in total.